The first-order chi connectivity index (χ1) is 17.9. The third-order valence-corrected chi connectivity index (χ3v) is 7.76. The second kappa shape index (κ2) is 7.41. The Bertz CT molecular complexity index is 1960. The number of rotatable bonds is 2. The third kappa shape index (κ3) is 2.64. The van der Waals surface area contributed by atoms with Gasteiger partial charge in [0.1, 0.15) is 0 Å². The van der Waals surface area contributed by atoms with Crippen molar-refractivity contribution in [3.8, 4) is 44.5 Å². The molecule has 0 amide bonds. The topological polar surface area (TPSA) is 0 Å². The molecule has 0 heterocycles. The van der Waals surface area contributed by atoms with E-state index < -0.39 is 0 Å². The van der Waals surface area contributed by atoms with Gasteiger partial charge in [0.2, 0.25) is 0 Å². The first-order valence-corrected chi connectivity index (χ1v) is 12.5. The van der Waals surface area contributed by atoms with Crippen LogP contribution >= 0.6 is 0 Å². The van der Waals surface area contributed by atoms with Gasteiger partial charge >= 0.3 is 0 Å². The van der Waals surface area contributed by atoms with Gasteiger partial charge in [-0.1, -0.05) is 121 Å². The van der Waals surface area contributed by atoms with Crippen LogP contribution in [0, 0.1) is 0 Å². The van der Waals surface area contributed by atoms with E-state index in [1.54, 1.807) is 0 Å². The maximum atomic E-state index is 2.41. The fourth-order valence-electron chi connectivity index (χ4n) is 6.26. The van der Waals surface area contributed by atoms with Crippen molar-refractivity contribution in [2.75, 3.05) is 0 Å². The molecular weight excluding hydrogens is 432 g/mol. The lowest BCUT2D eigenvalue weighted by Gasteiger charge is -2.15. The standard InChI is InChI=1S/C36H22/c1-3-11-23(12-4-1)29-19-20-30-35-31(32-22-26-16-8-10-18-28(26)34(29)36(30)32)21-25-15-7-9-17-27(25)33(35)24-13-5-2-6-14-24/h1-22H. The van der Waals surface area contributed by atoms with Crippen LogP contribution in [-0.2, 0) is 0 Å². The highest BCUT2D eigenvalue weighted by Crippen LogP contribution is 2.56. The Kier molecular flexibility index (Phi) is 4.03. The molecule has 7 aromatic rings. The van der Waals surface area contributed by atoms with E-state index in [2.05, 4.69) is 133 Å². The van der Waals surface area contributed by atoms with Gasteiger partial charge in [-0.2, -0.15) is 0 Å². The maximum absolute atomic E-state index is 2.41. The molecule has 166 valence electrons. The van der Waals surface area contributed by atoms with Crippen LogP contribution in [-0.4, -0.2) is 0 Å². The van der Waals surface area contributed by atoms with Gasteiger partial charge < -0.3 is 0 Å². The fourth-order valence-corrected chi connectivity index (χ4v) is 6.26. The summed E-state index contributed by atoms with van der Waals surface area (Å²) in [5.74, 6) is 0. The predicted molar refractivity (Wildman–Crippen MR) is 154 cm³/mol. The van der Waals surface area contributed by atoms with Crippen molar-refractivity contribution in [1.82, 2.24) is 0 Å². The maximum Gasteiger partial charge on any atom is -0.00134 e. The second-order valence-electron chi connectivity index (χ2n) is 9.68. The lowest BCUT2D eigenvalue weighted by atomic mass is 9.88. The van der Waals surface area contributed by atoms with Crippen LogP contribution in [0.2, 0.25) is 0 Å². The summed E-state index contributed by atoms with van der Waals surface area (Å²) in [5, 5.41) is 7.92. The van der Waals surface area contributed by atoms with Crippen LogP contribution in [0.25, 0.3) is 76.8 Å². The van der Waals surface area contributed by atoms with Crippen LogP contribution < -0.4 is 0 Å². The Morgan fingerprint density at radius 2 is 0.861 bits per heavy atom. The molecular formula is C36H22. The minimum Gasteiger partial charge on any atom is -0.0622 e. The lowest BCUT2D eigenvalue weighted by molar-refractivity contribution is 1.64. The highest BCUT2D eigenvalue weighted by molar-refractivity contribution is 6.30. The van der Waals surface area contributed by atoms with Gasteiger partial charge in [-0.25, -0.2) is 0 Å². The zero-order valence-electron chi connectivity index (χ0n) is 19.7. The molecule has 0 fully saturated rings. The molecule has 0 atom stereocenters. The molecule has 0 N–H and O–H groups in total. The van der Waals surface area contributed by atoms with E-state index in [1.807, 2.05) is 0 Å². The van der Waals surface area contributed by atoms with Crippen LogP contribution in [0.1, 0.15) is 0 Å². The highest BCUT2D eigenvalue weighted by atomic mass is 14.3. The largest absolute Gasteiger partial charge is 0.0622 e. The molecule has 0 heteroatoms. The minimum absolute atomic E-state index is 1.26. The summed E-state index contributed by atoms with van der Waals surface area (Å²) in [6.07, 6.45) is 0. The molecule has 0 unspecified atom stereocenters. The summed E-state index contributed by atoms with van der Waals surface area (Å²) >= 11 is 0. The van der Waals surface area contributed by atoms with E-state index in [-0.39, 0.29) is 0 Å². The van der Waals surface area contributed by atoms with E-state index in [0.717, 1.165) is 0 Å². The lowest BCUT2D eigenvalue weighted by Crippen LogP contribution is -1.88. The molecule has 0 spiro atoms. The second-order valence-corrected chi connectivity index (χ2v) is 9.68. The zero-order valence-corrected chi connectivity index (χ0v) is 19.7. The quantitative estimate of drug-likeness (QED) is 0.228. The normalized spacial score (nSPS) is 11.9. The number of hydrogen-bond donors (Lipinski definition) is 0. The Morgan fingerprint density at radius 3 is 1.61 bits per heavy atom. The van der Waals surface area contributed by atoms with Gasteiger partial charge in [0, 0.05) is 0 Å². The van der Waals surface area contributed by atoms with Gasteiger partial charge in [0.25, 0.3) is 0 Å². The van der Waals surface area contributed by atoms with E-state index >= 15 is 0 Å². The van der Waals surface area contributed by atoms with Gasteiger partial charge in [-0.3, -0.25) is 0 Å². The summed E-state index contributed by atoms with van der Waals surface area (Å²) in [7, 11) is 0. The molecule has 0 nitrogen and oxygen atoms in total. The monoisotopic (exact) mass is 454 g/mol. The molecule has 8 rings (SSSR count). The summed E-state index contributed by atoms with van der Waals surface area (Å²) in [6.45, 7) is 0. The smallest absolute Gasteiger partial charge is 0.00134 e. The molecule has 0 radical (unpaired) electrons. The third-order valence-electron chi connectivity index (χ3n) is 7.76. The number of fused-ring (bicyclic) bond motifs is 6. The van der Waals surface area contributed by atoms with Crippen molar-refractivity contribution >= 4 is 32.3 Å². The van der Waals surface area contributed by atoms with E-state index in [0.29, 0.717) is 0 Å². The van der Waals surface area contributed by atoms with Crippen LogP contribution in [0.3, 0.4) is 0 Å². The summed E-state index contributed by atoms with van der Waals surface area (Å²) in [4.78, 5) is 0. The highest BCUT2D eigenvalue weighted by Gasteiger charge is 2.28. The summed E-state index contributed by atoms with van der Waals surface area (Å²) in [6, 6.07) is 48.9. The summed E-state index contributed by atoms with van der Waals surface area (Å²) in [5.41, 5.74) is 10.5. The predicted octanol–water partition coefficient (Wildman–Crippen LogP) is 10.1. The van der Waals surface area contributed by atoms with Crippen molar-refractivity contribution in [3.05, 3.63) is 133 Å². The number of benzene rings is 7. The van der Waals surface area contributed by atoms with Crippen molar-refractivity contribution in [2.45, 2.75) is 0 Å². The molecule has 0 saturated carbocycles. The molecule has 36 heavy (non-hydrogen) atoms. The van der Waals surface area contributed by atoms with Crippen LogP contribution in [0.15, 0.2) is 133 Å². The van der Waals surface area contributed by atoms with Gasteiger partial charge in [0.05, 0.1) is 0 Å². The Balaban J connectivity index is 1.60. The van der Waals surface area contributed by atoms with E-state index in [1.165, 1.54) is 76.8 Å². The molecule has 0 saturated heterocycles. The van der Waals surface area contributed by atoms with Crippen molar-refractivity contribution in [2.24, 2.45) is 0 Å². The average molecular weight is 455 g/mol. The average Bonchev–Trinajstić information content (AvgIpc) is 3.26. The molecule has 0 aromatic heterocycles. The Hall–Kier alpha value is -4.68. The van der Waals surface area contributed by atoms with Crippen molar-refractivity contribution in [3.63, 3.8) is 0 Å². The SMILES string of the molecule is c1ccc(-c2c3c(cc4ccccc24)-c2cc4ccccc4c4c(-c5ccccc5)ccc-3c24)cc1. The van der Waals surface area contributed by atoms with E-state index in [4.69, 9.17) is 0 Å². The van der Waals surface area contributed by atoms with Crippen molar-refractivity contribution in [1.29, 1.82) is 0 Å². The number of hydrogen-bond acceptors (Lipinski definition) is 0. The summed E-state index contributed by atoms with van der Waals surface area (Å²) < 4.78 is 0. The molecule has 1 aliphatic carbocycles. The van der Waals surface area contributed by atoms with Crippen molar-refractivity contribution < 1.29 is 0 Å². The molecule has 0 bridgehead atoms. The van der Waals surface area contributed by atoms with Gasteiger partial charge in [-0.15, -0.1) is 0 Å². The Labute approximate surface area is 210 Å². The van der Waals surface area contributed by atoms with E-state index in [9.17, 15) is 0 Å². The van der Waals surface area contributed by atoms with Crippen LogP contribution in [0.4, 0.5) is 0 Å². The molecule has 0 aliphatic heterocycles. The Morgan fingerprint density at radius 1 is 0.306 bits per heavy atom. The van der Waals surface area contributed by atoms with Crippen LogP contribution in [0.5, 0.6) is 0 Å². The van der Waals surface area contributed by atoms with Gasteiger partial charge in [-0.05, 0) is 89.0 Å². The minimum atomic E-state index is 1.26. The first kappa shape index (κ1) is 19.6. The molecule has 1 aliphatic rings. The fraction of sp³-hybridized carbons (Fsp3) is 0. The zero-order chi connectivity index (χ0) is 23.6. The first-order valence-electron chi connectivity index (χ1n) is 12.5. The van der Waals surface area contributed by atoms with Gasteiger partial charge in [0.15, 0.2) is 0 Å². The molecule has 7 aromatic carbocycles.